The molecule has 2 atom stereocenters. The summed E-state index contributed by atoms with van der Waals surface area (Å²) in [6.07, 6.45) is 1.51. The lowest BCUT2D eigenvalue weighted by Gasteiger charge is -2.28. The number of carbonyl (C=O) groups excluding carboxylic acids is 1. The molecule has 0 bridgehead atoms. The van der Waals surface area contributed by atoms with Crippen molar-refractivity contribution in [3.05, 3.63) is 24.2 Å². The number of carbonyl (C=O) groups is 2. The number of aliphatic carboxylic acids is 1. The molecule has 106 valence electrons. The van der Waals surface area contributed by atoms with E-state index in [1.807, 2.05) is 0 Å². The summed E-state index contributed by atoms with van der Waals surface area (Å²) in [5.41, 5.74) is -0.572. The molecule has 3 N–H and O–H groups in total. The van der Waals surface area contributed by atoms with Crippen LogP contribution in [-0.2, 0) is 4.79 Å². The van der Waals surface area contributed by atoms with Crippen LogP contribution in [0.4, 0.5) is 4.79 Å². The molecule has 0 saturated carbocycles. The first-order chi connectivity index (χ1) is 8.71. The molecule has 0 radical (unpaired) electrons. The Morgan fingerprint density at radius 1 is 1.32 bits per heavy atom. The second-order valence-electron chi connectivity index (χ2n) is 5.49. The highest BCUT2D eigenvalue weighted by atomic mass is 16.4. The Kier molecular flexibility index (Phi) is 4.58. The van der Waals surface area contributed by atoms with E-state index in [1.165, 1.54) is 6.26 Å². The molecule has 0 aliphatic carbocycles. The number of hydrogen-bond donors (Lipinski definition) is 3. The number of furan rings is 1. The van der Waals surface area contributed by atoms with Gasteiger partial charge in [0.2, 0.25) is 0 Å². The number of hydrogen-bond acceptors (Lipinski definition) is 3. The molecule has 0 fully saturated rings. The van der Waals surface area contributed by atoms with Gasteiger partial charge in [0.1, 0.15) is 11.8 Å². The third kappa shape index (κ3) is 4.31. The smallest absolute Gasteiger partial charge is 0.326 e. The zero-order valence-electron chi connectivity index (χ0n) is 11.6. The van der Waals surface area contributed by atoms with E-state index in [0.717, 1.165) is 0 Å². The zero-order chi connectivity index (χ0) is 14.6. The van der Waals surface area contributed by atoms with Gasteiger partial charge in [-0.2, -0.15) is 0 Å². The van der Waals surface area contributed by atoms with E-state index < -0.39 is 23.5 Å². The van der Waals surface area contributed by atoms with E-state index in [1.54, 1.807) is 39.8 Å². The van der Waals surface area contributed by atoms with Gasteiger partial charge in [-0.25, -0.2) is 9.59 Å². The van der Waals surface area contributed by atoms with Crippen LogP contribution in [0.2, 0.25) is 0 Å². The van der Waals surface area contributed by atoms with Gasteiger partial charge in [-0.1, -0.05) is 20.8 Å². The first kappa shape index (κ1) is 15.1. The fourth-order valence-corrected chi connectivity index (χ4v) is 1.63. The quantitative estimate of drug-likeness (QED) is 0.780. The van der Waals surface area contributed by atoms with Crippen LogP contribution in [-0.4, -0.2) is 23.1 Å². The largest absolute Gasteiger partial charge is 0.480 e. The van der Waals surface area contributed by atoms with Crippen LogP contribution in [0.15, 0.2) is 22.8 Å². The standard InChI is InChI=1S/C13H20N2O4/c1-8(9-6-5-7-19-9)14-12(18)15-10(11(16)17)13(2,3)4/h5-8,10H,1-4H3,(H,16,17)(H2,14,15,18)/t8?,10-/m1/s1. The Labute approximate surface area is 112 Å². The maximum absolute atomic E-state index is 11.8. The van der Waals surface area contributed by atoms with Gasteiger partial charge in [-0.3, -0.25) is 0 Å². The lowest BCUT2D eigenvalue weighted by atomic mass is 9.87. The Morgan fingerprint density at radius 3 is 2.37 bits per heavy atom. The molecular weight excluding hydrogens is 248 g/mol. The highest BCUT2D eigenvalue weighted by Crippen LogP contribution is 2.19. The van der Waals surface area contributed by atoms with Crippen molar-refractivity contribution in [2.24, 2.45) is 5.41 Å². The van der Waals surface area contributed by atoms with Crippen molar-refractivity contribution < 1.29 is 19.1 Å². The van der Waals surface area contributed by atoms with Crippen molar-refractivity contribution in [1.82, 2.24) is 10.6 Å². The molecule has 1 aromatic rings. The number of carboxylic acid groups (broad SMARTS) is 1. The Hall–Kier alpha value is -1.98. The highest BCUT2D eigenvalue weighted by Gasteiger charge is 2.32. The number of carboxylic acids is 1. The minimum absolute atomic E-state index is 0.329. The summed E-state index contributed by atoms with van der Waals surface area (Å²) in [5.74, 6) is -0.453. The van der Waals surface area contributed by atoms with Crippen molar-refractivity contribution in [1.29, 1.82) is 0 Å². The van der Waals surface area contributed by atoms with Crippen molar-refractivity contribution in [3.8, 4) is 0 Å². The molecule has 0 saturated heterocycles. The molecule has 1 heterocycles. The van der Waals surface area contributed by atoms with Gasteiger partial charge in [0.05, 0.1) is 12.3 Å². The number of rotatable bonds is 4. The predicted octanol–water partition coefficient (Wildman–Crippen LogP) is 2.14. The highest BCUT2D eigenvalue weighted by molar-refractivity contribution is 5.83. The molecule has 2 amide bonds. The third-order valence-electron chi connectivity index (χ3n) is 2.71. The average Bonchev–Trinajstić information content (AvgIpc) is 2.77. The lowest BCUT2D eigenvalue weighted by molar-refractivity contribution is -0.141. The van der Waals surface area contributed by atoms with Crippen molar-refractivity contribution in [3.63, 3.8) is 0 Å². The van der Waals surface area contributed by atoms with E-state index in [9.17, 15) is 9.59 Å². The van der Waals surface area contributed by atoms with Gasteiger partial charge < -0.3 is 20.2 Å². The number of urea groups is 1. The summed E-state index contributed by atoms with van der Waals surface area (Å²) in [4.78, 5) is 22.9. The van der Waals surface area contributed by atoms with Gasteiger partial charge in [0.15, 0.2) is 0 Å². The van der Waals surface area contributed by atoms with Gasteiger partial charge in [0.25, 0.3) is 0 Å². The molecule has 0 aliphatic rings. The van der Waals surface area contributed by atoms with Crippen molar-refractivity contribution >= 4 is 12.0 Å². The van der Waals surface area contributed by atoms with Gasteiger partial charge in [-0.05, 0) is 24.5 Å². The summed E-state index contributed by atoms with van der Waals surface area (Å²) in [6.45, 7) is 7.01. The second-order valence-corrected chi connectivity index (χ2v) is 5.49. The van der Waals surface area contributed by atoms with E-state index in [0.29, 0.717) is 5.76 Å². The van der Waals surface area contributed by atoms with Crippen LogP contribution in [0.1, 0.15) is 39.5 Å². The molecular formula is C13H20N2O4. The van der Waals surface area contributed by atoms with Gasteiger partial charge >= 0.3 is 12.0 Å². The van der Waals surface area contributed by atoms with Crippen LogP contribution in [0.5, 0.6) is 0 Å². The maximum atomic E-state index is 11.8. The molecule has 6 heteroatoms. The van der Waals surface area contributed by atoms with Crippen molar-refractivity contribution in [2.45, 2.75) is 39.8 Å². The van der Waals surface area contributed by atoms with E-state index in [4.69, 9.17) is 9.52 Å². The minimum atomic E-state index is -1.06. The first-order valence-electron chi connectivity index (χ1n) is 6.05. The average molecular weight is 268 g/mol. The van der Waals surface area contributed by atoms with E-state index in [2.05, 4.69) is 10.6 Å². The fraction of sp³-hybridized carbons (Fsp3) is 0.538. The summed E-state index contributed by atoms with van der Waals surface area (Å²) >= 11 is 0. The summed E-state index contributed by atoms with van der Waals surface area (Å²) in [7, 11) is 0. The molecule has 6 nitrogen and oxygen atoms in total. The third-order valence-corrected chi connectivity index (χ3v) is 2.71. The normalized spacial score (nSPS) is 14.5. The minimum Gasteiger partial charge on any atom is -0.480 e. The molecule has 0 aliphatic heterocycles. The van der Waals surface area contributed by atoms with Crippen LogP contribution in [0, 0.1) is 5.41 Å². The number of amides is 2. The Balaban J connectivity index is 2.61. The van der Waals surface area contributed by atoms with E-state index >= 15 is 0 Å². The van der Waals surface area contributed by atoms with Crippen LogP contribution < -0.4 is 10.6 Å². The SMILES string of the molecule is CC(NC(=O)N[C@H](C(=O)O)C(C)(C)C)c1ccco1. The van der Waals surface area contributed by atoms with Crippen LogP contribution in [0.25, 0.3) is 0 Å². The molecule has 1 unspecified atom stereocenters. The Bertz CT molecular complexity index is 434. The summed E-state index contributed by atoms with van der Waals surface area (Å²) in [5, 5.41) is 14.2. The van der Waals surface area contributed by atoms with Gasteiger partial charge in [0, 0.05) is 0 Å². The molecule has 0 spiro atoms. The molecule has 1 aromatic heterocycles. The van der Waals surface area contributed by atoms with Crippen LogP contribution in [0.3, 0.4) is 0 Å². The number of nitrogens with one attached hydrogen (secondary N) is 2. The molecule has 1 rings (SSSR count). The van der Waals surface area contributed by atoms with E-state index in [-0.39, 0.29) is 6.04 Å². The fourth-order valence-electron chi connectivity index (χ4n) is 1.63. The molecule has 19 heavy (non-hydrogen) atoms. The summed E-state index contributed by atoms with van der Waals surface area (Å²) < 4.78 is 5.16. The second kappa shape index (κ2) is 5.77. The summed E-state index contributed by atoms with van der Waals surface area (Å²) in [6, 6.07) is 1.64. The topological polar surface area (TPSA) is 91.6 Å². The Morgan fingerprint density at radius 2 is 1.95 bits per heavy atom. The van der Waals surface area contributed by atoms with Crippen molar-refractivity contribution in [2.75, 3.05) is 0 Å². The van der Waals surface area contributed by atoms with Gasteiger partial charge in [-0.15, -0.1) is 0 Å². The molecule has 0 aromatic carbocycles. The predicted molar refractivity (Wildman–Crippen MR) is 69.7 cm³/mol. The first-order valence-corrected chi connectivity index (χ1v) is 6.05. The lowest BCUT2D eigenvalue weighted by Crippen LogP contribution is -2.52. The maximum Gasteiger partial charge on any atom is 0.326 e. The zero-order valence-corrected chi connectivity index (χ0v) is 11.6. The van der Waals surface area contributed by atoms with Crippen LogP contribution >= 0.6 is 0 Å². The monoisotopic (exact) mass is 268 g/mol.